The van der Waals surface area contributed by atoms with Crippen LogP contribution in [0.4, 0.5) is 11.4 Å². The summed E-state index contributed by atoms with van der Waals surface area (Å²) in [4.78, 5) is 26.6. The SMILES string of the molecule is CN(C)CC1CCC1N1c2ccccc2Sc2ccc(Cl)cc21.O=C(O)C=CC(=O)O. The zero-order valence-corrected chi connectivity index (χ0v) is 18.9. The maximum Gasteiger partial charge on any atom is 0.328 e. The fourth-order valence-corrected chi connectivity index (χ4v) is 5.05. The molecule has 0 bridgehead atoms. The highest BCUT2D eigenvalue weighted by Crippen LogP contribution is 2.52. The van der Waals surface area contributed by atoms with Gasteiger partial charge >= 0.3 is 11.9 Å². The number of anilines is 2. The highest BCUT2D eigenvalue weighted by atomic mass is 35.5. The van der Waals surface area contributed by atoms with Crippen LogP contribution < -0.4 is 4.90 Å². The maximum absolute atomic E-state index is 9.55. The molecule has 4 rings (SSSR count). The van der Waals surface area contributed by atoms with Crippen molar-refractivity contribution in [3.8, 4) is 0 Å². The van der Waals surface area contributed by atoms with Crippen molar-refractivity contribution in [3.05, 3.63) is 59.6 Å². The molecule has 31 heavy (non-hydrogen) atoms. The molecular weight excluding hydrogens is 436 g/mol. The van der Waals surface area contributed by atoms with Crippen molar-refractivity contribution >= 4 is 46.7 Å². The number of hydrogen-bond donors (Lipinski definition) is 2. The van der Waals surface area contributed by atoms with E-state index in [2.05, 4.69) is 60.3 Å². The van der Waals surface area contributed by atoms with Crippen LogP contribution in [0.15, 0.2) is 64.4 Å². The second-order valence-corrected chi connectivity index (χ2v) is 9.25. The molecule has 2 N–H and O–H groups in total. The number of hydrogen-bond acceptors (Lipinski definition) is 5. The van der Waals surface area contributed by atoms with Gasteiger partial charge in [0.25, 0.3) is 0 Å². The minimum absolute atomic E-state index is 0.558. The van der Waals surface area contributed by atoms with Gasteiger partial charge in [-0.1, -0.05) is 35.5 Å². The Morgan fingerprint density at radius 3 is 2.29 bits per heavy atom. The normalized spacial score (nSPS) is 19.2. The number of para-hydroxylation sites is 1. The molecule has 1 fully saturated rings. The standard InChI is InChI=1S/C19H21ClN2S.C4H4O4/c1-21(2)12-13-7-9-15(13)22-16-5-3-4-6-18(16)23-19-10-8-14(20)11-17(19)22;5-3(6)1-2-4(7)8/h3-6,8,10-11,13,15H,7,9,12H2,1-2H3;1-2H,(H,5,6)(H,7,8). The molecule has 1 heterocycles. The lowest BCUT2D eigenvalue weighted by Gasteiger charge is -2.48. The lowest BCUT2D eigenvalue weighted by molar-refractivity contribution is -0.134. The van der Waals surface area contributed by atoms with Gasteiger partial charge in [-0.05, 0) is 63.2 Å². The fraction of sp³-hybridized carbons (Fsp3) is 0.304. The molecule has 1 aliphatic heterocycles. The summed E-state index contributed by atoms with van der Waals surface area (Å²) in [7, 11) is 4.33. The minimum Gasteiger partial charge on any atom is -0.478 e. The predicted molar refractivity (Wildman–Crippen MR) is 124 cm³/mol. The average molecular weight is 461 g/mol. The molecule has 0 saturated heterocycles. The first-order chi connectivity index (χ1) is 14.8. The van der Waals surface area contributed by atoms with Gasteiger partial charge in [-0.2, -0.15) is 0 Å². The molecule has 6 nitrogen and oxygen atoms in total. The third-order valence-electron chi connectivity index (χ3n) is 5.20. The van der Waals surface area contributed by atoms with Crippen LogP contribution in [0.2, 0.25) is 5.02 Å². The lowest BCUT2D eigenvalue weighted by Crippen LogP contribution is -2.49. The molecule has 2 aromatic carbocycles. The quantitative estimate of drug-likeness (QED) is 0.608. The van der Waals surface area contributed by atoms with Gasteiger partial charge in [0.15, 0.2) is 0 Å². The van der Waals surface area contributed by atoms with Crippen molar-refractivity contribution < 1.29 is 19.8 Å². The largest absolute Gasteiger partial charge is 0.478 e. The molecular formula is C23H25ClN2O4S. The number of halogens is 1. The van der Waals surface area contributed by atoms with E-state index < -0.39 is 11.9 Å². The molecule has 1 saturated carbocycles. The van der Waals surface area contributed by atoms with Crippen LogP contribution in [0, 0.1) is 5.92 Å². The molecule has 1 aliphatic carbocycles. The van der Waals surface area contributed by atoms with Gasteiger partial charge in [0.1, 0.15) is 0 Å². The summed E-state index contributed by atoms with van der Waals surface area (Å²) in [6.45, 7) is 1.15. The number of carbonyl (C=O) groups is 2. The monoisotopic (exact) mass is 460 g/mol. The number of benzene rings is 2. The molecule has 0 aromatic heterocycles. The van der Waals surface area contributed by atoms with Gasteiger partial charge in [-0.3, -0.25) is 0 Å². The Bertz CT molecular complexity index is 979. The van der Waals surface area contributed by atoms with E-state index >= 15 is 0 Å². The predicted octanol–water partition coefficient (Wildman–Crippen LogP) is 4.99. The summed E-state index contributed by atoms with van der Waals surface area (Å²) in [5.74, 6) is -1.80. The summed E-state index contributed by atoms with van der Waals surface area (Å²) in [6.07, 6.45) is 3.68. The first-order valence-corrected chi connectivity index (χ1v) is 11.1. The second kappa shape index (κ2) is 10.2. The number of nitrogens with zero attached hydrogens (tertiary/aromatic N) is 2. The smallest absolute Gasteiger partial charge is 0.328 e. The minimum atomic E-state index is -1.26. The molecule has 2 aromatic rings. The van der Waals surface area contributed by atoms with Crippen LogP contribution in [0.25, 0.3) is 0 Å². The Labute approximate surface area is 191 Å². The van der Waals surface area contributed by atoms with E-state index in [1.165, 1.54) is 34.0 Å². The van der Waals surface area contributed by atoms with Crippen molar-refractivity contribution in [3.63, 3.8) is 0 Å². The Morgan fingerprint density at radius 2 is 1.71 bits per heavy atom. The van der Waals surface area contributed by atoms with Crippen LogP contribution in [0.3, 0.4) is 0 Å². The van der Waals surface area contributed by atoms with E-state index in [1.54, 1.807) is 0 Å². The van der Waals surface area contributed by atoms with Crippen LogP contribution >= 0.6 is 23.4 Å². The van der Waals surface area contributed by atoms with Gasteiger partial charge in [-0.25, -0.2) is 9.59 Å². The van der Waals surface area contributed by atoms with Crippen molar-refractivity contribution in [1.29, 1.82) is 0 Å². The summed E-state index contributed by atoms with van der Waals surface area (Å²) >= 11 is 8.16. The van der Waals surface area contributed by atoms with E-state index in [1.807, 2.05) is 17.8 Å². The van der Waals surface area contributed by atoms with Gasteiger partial charge in [0.2, 0.25) is 0 Å². The van der Waals surface area contributed by atoms with Crippen molar-refractivity contribution in [2.24, 2.45) is 5.92 Å². The molecule has 8 heteroatoms. The Kier molecular flexibility index (Phi) is 7.64. The molecule has 0 spiro atoms. The lowest BCUT2D eigenvalue weighted by atomic mass is 9.77. The number of fused-ring (bicyclic) bond motifs is 2. The van der Waals surface area contributed by atoms with Crippen LogP contribution in [0.5, 0.6) is 0 Å². The molecule has 0 radical (unpaired) electrons. The van der Waals surface area contributed by atoms with E-state index in [9.17, 15) is 9.59 Å². The van der Waals surface area contributed by atoms with Gasteiger partial charge in [-0.15, -0.1) is 0 Å². The molecule has 0 amide bonds. The highest BCUT2D eigenvalue weighted by molar-refractivity contribution is 7.99. The molecule has 2 unspecified atom stereocenters. The van der Waals surface area contributed by atoms with E-state index in [-0.39, 0.29) is 0 Å². The zero-order valence-electron chi connectivity index (χ0n) is 17.4. The summed E-state index contributed by atoms with van der Waals surface area (Å²) in [5.41, 5.74) is 2.61. The molecule has 2 aliphatic rings. The van der Waals surface area contributed by atoms with Gasteiger partial charge in [0, 0.05) is 39.6 Å². The van der Waals surface area contributed by atoms with Crippen molar-refractivity contribution in [2.45, 2.75) is 28.7 Å². The van der Waals surface area contributed by atoms with Crippen LogP contribution in [-0.2, 0) is 9.59 Å². The molecule has 2 atom stereocenters. The molecule has 164 valence electrons. The van der Waals surface area contributed by atoms with E-state index in [4.69, 9.17) is 21.8 Å². The van der Waals surface area contributed by atoms with E-state index in [0.29, 0.717) is 24.1 Å². The van der Waals surface area contributed by atoms with E-state index in [0.717, 1.165) is 11.6 Å². The van der Waals surface area contributed by atoms with Crippen LogP contribution in [-0.4, -0.2) is 53.7 Å². The third kappa shape index (κ3) is 5.81. The van der Waals surface area contributed by atoms with Crippen molar-refractivity contribution in [1.82, 2.24) is 4.90 Å². The van der Waals surface area contributed by atoms with Crippen LogP contribution in [0.1, 0.15) is 12.8 Å². The first kappa shape index (κ1) is 23.2. The number of carboxylic acids is 2. The summed E-state index contributed by atoms with van der Waals surface area (Å²) in [6, 6.07) is 15.6. The second-order valence-electron chi connectivity index (χ2n) is 7.73. The first-order valence-electron chi connectivity index (χ1n) is 9.90. The number of aliphatic carboxylic acids is 2. The van der Waals surface area contributed by atoms with Gasteiger partial charge < -0.3 is 20.0 Å². The number of rotatable bonds is 5. The summed E-state index contributed by atoms with van der Waals surface area (Å²) in [5, 5.41) is 16.4. The third-order valence-corrected chi connectivity index (χ3v) is 6.57. The Hall–Kier alpha value is -2.48. The zero-order chi connectivity index (χ0) is 22.5. The fourth-order valence-electron chi connectivity index (χ4n) is 3.83. The topological polar surface area (TPSA) is 81.1 Å². The summed E-state index contributed by atoms with van der Waals surface area (Å²) < 4.78 is 0. The van der Waals surface area contributed by atoms with Gasteiger partial charge in [0.05, 0.1) is 11.4 Å². The Morgan fingerprint density at radius 1 is 1.06 bits per heavy atom. The Balaban J connectivity index is 0.000000293. The highest BCUT2D eigenvalue weighted by Gasteiger charge is 2.39. The average Bonchev–Trinajstić information content (AvgIpc) is 2.70. The van der Waals surface area contributed by atoms with Crippen molar-refractivity contribution in [2.75, 3.05) is 25.5 Å². The maximum atomic E-state index is 9.55. The number of carboxylic acid groups (broad SMARTS) is 2.